The van der Waals surface area contributed by atoms with Gasteiger partial charge in [-0.15, -0.1) is 0 Å². The Morgan fingerprint density at radius 2 is 2.38 bits per heavy atom. The summed E-state index contributed by atoms with van der Waals surface area (Å²) >= 11 is 1.17. The summed E-state index contributed by atoms with van der Waals surface area (Å²) in [7, 11) is 0. The Bertz CT molecular complexity index is 298. The zero-order chi connectivity index (χ0) is 11.5. The number of nitrogens with one attached hydrogen (secondary N) is 3. The van der Waals surface area contributed by atoms with Crippen molar-refractivity contribution in [2.75, 3.05) is 12.3 Å². The molecule has 5 nitrogen and oxygen atoms in total. The lowest BCUT2D eigenvalue weighted by molar-refractivity contribution is -0.123. The van der Waals surface area contributed by atoms with E-state index in [0.29, 0.717) is 11.8 Å². The lowest BCUT2D eigenvalue weighted by Crippen LogP contribution is -2.55. The Balaban J connectivity index is 1.84. The maximum absolute atomic E-state index is 11.8. The molecule has 0 radical (unpaired) electrons. The van der Waals surface area contributed by atoms with E-state index in [4.69, 9.17) is 0 Å². The highest BCUT2D eigenvalue weighted by atomic mass is 32.2. The number of carbonyl (C=O) groups is 2. The van der Waals surface area contributed by atoms with E-state index >= 15 is 0 Å². The summed E-state index contributed by atoms with van der Waals surface area (Å²) in [6, 6.07) is 0.137. The van der Waals surface area contributed by atoms with Crippen LogP contribution in [0.4, 0.5) is 4.79 Å². The number of hydrogen-bond acceptors (Lipinski definition) is 4. The molecule has 3 N–H and O–H groups in total. The Morgan fingerprint density at radius 1 is 1.56 bits per heavy atom. The zero-order valence-electron chi connectivity index (χ0n) is 9.29. The van der Waals surface area contributed by atoms with Gasteiger partial charge in [-0.3, -0.25) is 9.59 Å². The fourth-order valence-electron chi connectivity index (χ4n) is 2.05. The van der Waals surface area contributed by atoms with Gasteiger partial charge in [-0.2, -0.15) is 0 Å². The zero-order valence-corrected chi connectivity index (χ0v) is 10.1. The fraction of sp³-hybridized carbons (Fsp3) is 0.800. The number of thioether (sulfide) groups is 1. The molecule has 2 heterocycles. The largest absolute Gasteiger partial charge is 0.350 e. The molecular weight excluding hydrogens is 226 g/mol. The Morgan fingerprint density at radius 3 is 3.00 bits per heavy atom. The van der Waals surface area contributed by atoms with Gasteiger partial charge in [-0.25, -0.2) is 0 Å². The van der Waals surface area contributed by atoms with Gasteiger partial charge in [0.15, 0.2) is 0 Å². The first-order valence-corrected chi connectivity index (χ1v) is 6.62. The first-order chi connectivity index (χ1) is 7.66. The van der Waals surface area contributed by atoms with Gasteiger partial charge in [0.2, 0.25) is 5.91 Å². The molecule has 2 saturated heterocycles. The third kappa shape index (κ3) is 2.68. The summed E-state index contributed by atoms with van der Waals surface area (Å²) in [5, 5.41) is 8.88. The molecule has 2 rings (SSSR count). The van der Waals surface area contributed by atoms with Crippen molar-refractivity contribution < 1.29 is 9.59 Å². The monoisotopic (exact) mass is 243 g/mol. The van der Waals surface area contributed by atoms with Crippen LogP contribution in [0.3, 0.4) is 0 Å². The van der Waals surface area contributed by atoms with Crippen LogP contribution in [-0.4, -0.2) is 41.6 Å². The van der Waals surface area contributed by atoms with Crippen LogP contribution in [-0.2, 0) is 4.79 Å². The van der Waals surface area contributed by atoms with Gasteiger partial charge in [0.1, 0.15) is 6.04 Å². The van der Waals surface area contributed by atoms with Crippen molar-refractivity contribution in [2.24, 2.45) is 0 Å². The molecule has 90 valence electrons. The third-order valence-electron chi connectivity index (χ3n) is 3.08. The van der Waals surface area contributed by atoms with Crippen molar-refractivity contribution in [2.45, 2.75) is 37.9 Å². The minimum absolute atomic E-state index is 0.0566. The van der Waals surface area contributed by atoms with Crippen molar-refractivity contribution in [3.8, 4) is 0 Å². The summed E-state index contributed by atoms with van der Waals surface area (Å²) < 4.78 is 0. The molecule has 0 bridgehead atoms. The van der Waals surface area contributed by atoms with Gasteiger partial charge < -0.3 is 16.0 Å². The molecule has 0 aromatic heterocycles. The van der Waals surface area contributed by atoms with E-state index in [1.165, 1.54) is 11.8 Å². The first-order valence-electron chi connectivity index (χ1n) is 5.64. The topological polar surface area (TPSA) is 70.2 Å². The molecule has 2 fully saturated rings. The molecule has 16 heavy (non-hydrogen) atoms. The highest BCUT2D eigenvalue weighted by molar-refractivity contribution is 8.14. The van der Waals surface area contributed by atoms with Gasteiger partial charge >= 0.3 is 0 Å². The van der Waals surface area contributed by atoms with E-state index in [1.807, 2.05) is 0 Å². The van der Waals surface area contributed by atoms with E-state index in [9.17, 15) is 9.59 Å². The van der Waals surface area contributed by atoms with Gasteiger partial charge in [0, 0.05) is 17.8 Å². The predicted molar refractivity (Wildman–Crippen MR) is 63.4 cm³/mol. The summed E-state index contributed by atoms with van der Waals surface area (Å²) in [6.45, 7) is 3.09. The smallest absolute Gasteiger partial charge is 0.279 e. The van der Waals surface area contributed by atoms with Crippen LogP contribution in [0, 0.1) is 0 Å². The fourth-order valence-corrected chi connectivity index (χ4v) is 2.83. The molecule has 2 aliphatic rings. The third-order valence-corrected chi connectivity index (χ3v) is 3.96. The predicted octanol–water partition coefficient (Wildman–Crippen LogP) is 0.0681. The SMILES string of the molecule is CC1NCCCC1NC(=O)[C@@H]1CSC(=O)N1. The summed E-state index contributed by atoms with van der Waals surface area (Å²) in [5.74, 6) is 0.484. The second kappa shape index (κ2) is 5.05. The molecule has 2 aliphatic heterocycles. The van der Waals surface area contributed by atoms with E-state index in [1.54, 1.807) is 0 Å². The minimum Gasteiger partial charge on any atom is -0.350 e. The molecular formula is C10H17N3O2S. The quantitative estimate of drug-likeness (QED) is 0.642. The standard InChI is InChI=1S/C10H17N3O2S/c1-6-7(3-2-4-11-6)12-9(14)8-5-16-10(15)13-8/h6-8,11H,2-5H2,1H3,(H,12,14)(H,13,15)/t6?,7?,8-/m0/s1. The number of carbonyl (C=O) groups excluding carboxylic acids is 2. The van der Waals surface area contributed by atoms with E-state index < -0.39 is 0 Å². The average Bonchev–Trinajstić information content (AvgIpc) is 2.68. The Labute approximate surface area is 99.1 Å². The van der Waals surface area contributed by atoms with Crippen molar-refractivity contribution >= 4 is 22.9 Å². The highest BCUT2D eigenvalue weighted by Gasteiger charge is 2.31. The summed E-state index contributed by atoms with van der Waals surface area (Å²) in [4.78, 5) is 22.8. The van der Waals surface area contributed by atoms with Crippen LogP contribution in [0.25, 0.3) is 0 Å². The van der Waals surface area contributed by atoms with Crippen molar-refractivity contribution in [3.63, 3.8) is 0 Å². The van der Waals surface area contributed by atoms with Crippen LogP contribution >= 0.6 is 11.8 Å². The van der Waals surface area contributed by atoms with Gasteiger partial charge in [-0.05, 0) is 26.3 Å². The normalized spacial score (nSPS) is 34.6. The molecule has 0 saturated carbocycles. The lowest BCUT2D eigenvalue weighted by Gasteiger charge is -2.31. The summed E-state index contributed by atoms with van der Waals surface area (Å²) in [5.41, 5.74) is 0. The van der Waals surface area contributed by atoms with E-state index in [-0.39, 0.29) is 23.2 Å². The molecule has 2 amide bonds. The maximum atomic E-state index is 11.8. The summed E-state index contributed by atoms with van der Waals surface area (Å²) in [6.07, 6.45) is 2.09. The molecule has 0 aromatic carbocycles. The molecule has 0 aromatic rings. The number of hydrogen-bond donors (Lipinski definition) is 3. The molecule has 2 unspecified atom stereocenters. The number of amides is 2. The van der Waals surface area contributed by atoms with Crippen LogP contribution in [0.5, 0.6) is 0 Å². The van der Waals surface area contributed by atoms with E-state index in [2.05, 4.69) is 22.9 Å². The second-order valence-corrected chi connectivity index (χ2v) is 5.29. The van der Waals surface area contributed by atoms with E-state index in [0.717, 1.165) is 19.4 Å². The van der Waals surface area contributed by atoms with Crippen LogP contribution in [0.1, 0.15) is 19.8 Å². The van der Waals surface area contributed by atoms with Gasteiger partial charge in [0.25, 0.3) is 5.24 Å². The van der Waals surface area contributed by atoms with Crippen molar-refractivity contribution in [1.29, 1.82) is 0 Å². The average molecular weight is 243 g/mol. The molecule has 3 atom stereocenters. The first kappa shape index (κ1) is 11.7. The molecule has 6 heteroatoms. The maximum Gasteiger partial charge on any atom is 0.279 e. The Hall–Kier alpha value is -0.750. The van der Waals surface area contributed by atoms with Crippen molar-refractivity contribution in [3.05, 3.63) is 0 Å². The lowest BCUT2D eigenvalue weighted by atomic mass is 9.99. The van der Waals surface area contributed by atoms with Crippen LogP contribution in [0.15, 0.2) is 0 Å². The minimum atomic E-state index is -0.355. The Kier molecular flexibility index (Phi) is 3.70. The van der Waals surface area contributed by atoms with Gasteiger partial charge in [-0.1, -0.05) is 11.8 Å². The van der Waals surface area contributed by atoms with Crippen LogP contribution < -0.4 is 16.0 Å². The van der Waals surface area contributed by atoms with Gasteiger partial charge in [0.05, 0.1) is 0 Å². The van der Waals surface area contributed by atoms with Crippen molar-refractivity contribution in [1.82, 2.24) is 16.0 Å². The molecule has 0 spiro atoms. The highest BCUT2D eigenvalue weighted by Crippen LogP contribution is 2.14. The number of rotatable bonds is 2. The van der Waals surface area contributed by atoms with Crippen LogP contribution in [0.2, 0.25) is 0 Å². The molecule has 0 aliphatic carbocycles. The number of piperidine rings is 1. The second-order valence-electron chi connectivity index (χ2n) is 4.30.